The molecule has 2 heterocycles. The highest BCUT2D eigenvalue weighted by atomic mass is 32.2. The van der Waals surface area contributed by atoms with Crippen molar-refractivity contribution >= 4 is 29.0 Å². The van der Waals surface area contributed by atoms with Crippen molar-refractivity contribution < 1.29 is 9.53 Å². The quantitative estimate of drug-likeness (QED) is 0.607. The number of amides is 1. The average Bonchev–Trinajstić information content (AvgIpc) is 3.21. The number of imidazole rings is 1. The number of carbonyl (C=O) groups is 1. The first-order valence-electron chi connectivity index (χ1n) is 9.68. The van der Waals surface area contributed by atoms with E-state index >= 15 is 0 Å². The van der Waals surface area contributed by atoms with Gasteiger partial charge in [-0.15, -0.1) is 0 Å². The molecular weight excluding hydrogens is 384 g/mol. The fourth-order valence-electron chi connectivity index (χ4n) is 3.24. The molecule has 7 heteroatoms. The van der Waals surface area contributed by atoms with Crippen molar-refractivity contribution in [3.8, 4) is 0 Å². The summed E-state index contributed by atoms with van der Waals surface area (Å²) in [5, 5.41) is 3.80. The van der Waals surface area contributed by atoms with E-state index in [0.717, 1.165) is 49.4 Å². The largest absolute Gasteiger partial charge is 0.378 e. The van der Waals surface area contributed by atoms with Gasteiger partial charge in [0.05, 0.1) is 19.0 Å². The lowest BCUT2D eigenvalue weighted by atomic mass is 10.2. The summed E-state index contributed by atoms with van der Waals surface area (Å²) in [6.45, 7) is 4.06. The molecule has 0 atom stereocenters. The zero-order valence-corrected chi connectivity index (χ0v) is 17.0. The van der Waals surface area contributed by atoms with Crippen molar-refractivity contribution in [1.82, 2.24) is 9.55 Å². The number of nitrogens with zero attached hydrogens (tertiary/aromatic N) is 3. The van der Waals surface area contributed by atoms with E-state index in [-0.39, 0.29) is 5.91 Å². The van der Waals surface area contributed by atoms with Gasteiger partial charge in [0.1, 0.15) is 0 Å². The maximum absolute atomic E-state index is 12.4. The van der Waals surface area contributed by atoms with Crippen LogP contribution < -0.4 is 10.2 Å². The Labute approximate surface area is 174 Å². The molecule has 150 valence electrons. The average molecular weight is 409 g/mol. The summed E-state index contributed by atoms with van der Waals surface area (Å²) in [7, 11) is 0. The summed E-state index contributed by atoms with van der Waals surface area (Å²) in [6, 6.07) is 18.2. The number of morpholine rings is 1. The fourth-order valence-corrected chi connectivity index (χ4v) is 4.00. The zero-order chi connectivity index (χ0) is 19.9. The number of hydrogen-bond donors (Lipinski definition) is 1. The Balaban J connectivity index is 1.29. The monoisotopic (exact) mass is 408 g/mol. The Kier molecular flexibility index (Phi) is 6.49. The second-order valence-corrected chi connectivity index (χ2v) is 7.75. The van der Waals surface area contributed by atoms with E-state index in [1.165, 1.54) is 17.3 Å². The predicted octanol–water partition coefficient (Wildman–Crippen LogP) is 3.50. The minimum atomic E-state index is -0.0385. The van der Waals surface area contributed by atoms with Crippen molar-refractivity contribution in [2.75, 3.05) is 42.3 Å². The Morgan fingerprint density at radius 1 is 1.07 bits per heavy atom. The molecule has 0 unspecified atom stereocenters. The predicted molar refractivity (Wildman–Crippen MR) is 117 cm³/mol. The van der Waals surface area contributed by atoms with Gasteiger partial charge in [-0.25, -0.2) is 4.98 Å². The van der Waals surface area contributed by atoms with Crippen molar-refractivity contribution in [2.45, 2.75) is 11.7 Å². The first-order chi connectivity index (χ1) is 14.3. The van der Waals surface area contributed by atoms with Crippen LogP contribution in [0.2, 0.25) is 0 Å². The van der Waals surface area contributed by atoms with E-state index in [1.807, 2.05) is 48.7 Å². The lowest BCUT2D eigenvalue weighted by molar-refractivity contribution is -0.113. The molecule has 1 N–H and O–H groups in total. The molecule has 6 nitrogen and oxygen atoms in total. The van der Waals surface area contributed by atoms with Crippen LogP contribution in [0.5, 0.6) is 0 Å². The van der Waals surface area contributed by atoms with Crippen LogP contribution in [0, 0.1) is 0 Å². The van der Waals surface area contributed by atoms with Gasteiger partial charge >= 0.3 is 0 Å². The zero-order valence-electron chi connectivity index (χ0n) is 16.2. The second-order valence-electron chi connectivity index (χ2n) is 6.81. The van der Waals surface area contributed by atoms with Crippen LogP contribution in [0.25, 0.3) is 0 Å². The van der Waals surface area contributed by atoms with Gasteiger partial charge in [-0.2, -0.15) is 0 Å². The molecule has 1 aromatic heterocycles. The summed E-state index contributed by atoms with van der Waals surface area (Å²) in [5.41, 5.74) is 3.17. The number of nitrogens with one attached hydrogen (secondary N) is 1. The number of anilines is 2. The third-order valence-electron chi connectivity index (χ3n) is 4.73. The molecule has 1 aliphatic heterocycles. The van der Waals surface area contributed by atoms with E-state index < -0.39 is 0 Å². The summed E-state index contributed by atoms with van der Waals surface area (Å²) in [5.74, 6) is 0.278. The van der Waals surface area contributed by atoms with E-state index in [9.17, 15) is 4.79 Å². The van der Waals surface area contributed by atoms with Crippen LogP contribution in [-0.2, 0) is 16.1 Å². The molecule has 1 saturated heterocycles. The Bertz CT molecular complexity index is 922. The van der Waals surface area contributed by atoms with Crippen molar-refractivity contribution in [3.05, 3.63) is 72.6 Å². The van der Waals surface area contributed by atoms with Gasteiger partial charge in [-0.3, -0.25) is 4.79 Å². The summed E-state index contributed by atoms with van der Waals surface area (Å²) >= 11 is 1.44. The van der Waals surface area contributed by atoms with Crippen molar-refractivity contribution in [2.24, 2.45) is 0 Å². The number of carbonyl (C=O) groups excluding carboxylic acids is 1. The summed E-state index contributed by atoms with van der Waals surface area (Å²) in [4.78, 5) is 19.0. The minimum absolute atomic E-state index is 0.0385. The number of aromatic nitrogens is 2. The van der Waals surface area contributed by atoms with E-state index in [4.69, 9.17) is 4.74 Å². The molecule has 1 amide bonds. The van der Waals surface area contributed by atoms with Crippen LogP contribution in [0.3, 0.4) is 0 Å². The molecule has 1 aliphatic rings. The lowest BCUT2D eigenvalue weighted by Crippen LogP contribution is -2.36. The number of rotatable bonds is 7. The van der Waals surface area contributed by atoms with E-state index in [0.29, 0.717) is 5.75 Å². The Morgan fingerprint density at radius 2 is 1.83 bits per heavy atom. The molecular formula is C22H24N4O2S. The van der Waals surface area contributed by atoms with Gasteiger partial charge in [0.25, 0.3) is 0 Å². The van der Waals surface area contributed by atoms with Gasteiger partial charge in [0, 0.05) is 43.4 Å². The van der Waals surface area contributed by atoms with Gasteiger partial charge in [0.15, 0.2) is 5.16 Å². The first kappa shape index (κ1) is 19.5. The molecule has 29 heavy (non-hydrogen) atoms. The van der Waals surface area contributed by atoms with Gasteiger partial charge in [-0.1, -0.05) is 42.1 Å². The highest BCUT2D eigenvalue weighted by molar-refractivity contribution is 7.99. The normalized spacial score (nSPS) is 14.0. The highest BCUT2D eigenvalue weighted by Gasteiger charge is 2.12. The van der Waals surface area contributed by atoms with Gasteiger partial charge in [-0.05, 0) is 29.8 Å². The number of hydrogen-bond acceptors (Lipinski definition) is 5. The lowest BCUT2D eigenvalue weighted by Gasteiger charge is -2.28. The standard InChI is InChI=1S/C22H24N4O2S/c27-21(24-19-6-8-20(9-7-19)25-12-14-28-15-13-25)17-29-22-23-10-11-26(22)16-18-4-2-1-3-5-18/h1-11H,12-17H2,(H,24,27). The smallest absolute Gasteiger partial charge is 0.234 e. The Hall–Kier alpha value is -2.77. The third-order valence-corrected chi connectivity index (χ3v) is 5.74. The highest BCUT2D eigenvalue weighted by Crippen LogP contribution is 2.21. The molecule has 0 aliphatic carbocycles. The number of benzene rings is 2. The molecule has 0 radical (unpaired) electrons. The third kappa shape index (κ3) is 5.40. The van der Waals surface area contributed by atoms with E-state index in [2.05, 4.69) is 31.9 Å². The molecule has 0 saturated carbocycles. The first-order valence-corrected chi connectivity index (χ1v) is 10.7. The van der Waals surface area contributed by atoms with Crippen LogP contribution >= 0.6 is 11.8 Å². The maximum Gasteiger partial charge on any atom is 0.234 e. The van der Waals surface area contributed by atoms with Crippen LogP contribution in [-0.4, -0.2) is 47.5 Å². The number of thioether (sulfide) groups is 1. The maximum atomic E-state index is 12.4. The SMILES string of the molecule is O=C(CSc1nccn1Cc1ccccc1)Nc1ccc(N2CCOCC2)cc1. The molecule has 1 fully saturated rings. The van der Waals surface area contributed by atoms with Crippen LogP contribution in [0.1, 0.15) is 5.56 Å². The topological polar surface area (TPSA) is 59.4 Å². The van der Waals surface area contributed by atoms with Gasteiger partial charge < -0.3 is 19.5 Å². The molecule has 3 aromatic rings. The Morgan fingerprint density at radius 3 is 2.59 bits per heavy atom. The minimum Gasteiger partial charge on any atom is -0.378 e. The summed E-state index contributed by atoms with van der Waals surface area (Å²) in [6.07, 6.45) is 3.71. The van der Waals surface area contributed by atoms with Crippen LogP contribution in [0.15, 0.2) is 72.1 Å². The van der Waals surface area contributed by atoms with E-state index in [1.54, 1.807) is 6.20 Å². The van der Waals surface area contributed by atoms with Gasteiger partial charge in [0.2, 0.25) is 5.91 Å². The molecule has 0 bridgehead atoms. The fraction of sp³-hybridized carbons (Fsp3) is 0.273. The molecule has 4 rings (SSSR count). The summed E-state index contributed by atoms with van der Waals surface area (Å²) < 4.78 is 7.45. The molecule has 0 spiro atoms. The van der Waals surface area contributed by atoms with Crippen LogP contribution in [0.4, 0.5) is 11.4 Å². The number of ether oxygens (including phenoxy) is 1. The van der Waals surface area contributed by atoms with Crippen molar-refractivity contribution in [3.63, 3.8) is 0 Å². The van der Waals surface area contributed by atoms with Crippen molar-refractivity contribution in [1.29, 1.82) is 0 Å². The second kappa shape index (κ2) is 9.62. The molecule has 2 aromatic carbocycles.